The summed E-state index contributed by atoms with van der Waals surface area (Å²) in [7, 11) is 0. The highest BCUT2D eigenvalue weighted by Crippen LogP contribution is 2.23. The van der Waals surface area contributed by atoms with Crippen LogP contribution in [0.1, 0.15) is 19.3 Å². The van der Waals surface area contributed by atoms with Gasteiger partial charge in [0, 0.05) is 18.7 Å². The first-order valence-electron chi connectivity index (χ1n) is 6.67. The zero-order valence-electron chi connectivity index (χ0n) is 11.0. The molecule has 0 unspecified atom stereocenters. The van der Waals surface area contributed by atoms with Crippen LogP contribution in [0.3, 0.4) is 0 Å². The zero-order chi connectivity index (χ0) is 13.7. The second-order valence-electron chi connectivity index (χ2n) is 4.86. The molecule has 0 bridgehead atoms. The maximum Gasteiger partial charge on any atom is 0.271 e. The molecule has 0 spiro atoms. The zero-order valence-corrected chi connectivity index (χ0v) is 11.0. The molecule has 0 saturated carbocycles. The van der Waals surface area contributed by atoms with Crippen LogP contribution in [0.4, 0.5) is 17.1 Å². The van der Waals surface area contributed by atoms with Gasteiger partial charge in [-0.1, -0.05) is 0 Å². The van der Waals surface area contributed by atoms with E-state index in [-0.39, 0.29) is 5.69 Å². The first-order chi connectivity index (χ1) is 9.16. The molecule has 0 atom stereocenters. The number of nitro benzene ring substituents is 1. The van der Waals surface area contributed by atoms with Gasteiger partial charge in [-0.3, -0.25) is 10.1 Å². The van der Waals surface area contributed by atoms with Crippen LogP contribution in [0.25, 0.3) is 0 Å². The van der Waals surface area contributed by atoms with E-state index in [4.69, 9.17) is 5.73 Å². The summed E-state index contributed by atoms with van der Waals surface area (Å²) in [5.41, 5.74) is 7.01. The molecule has 1 heterocycles. The number of benzene rings is 1. The standard InChI is InChI=1S/C13H20N4O2/c14-12-10-11(17(18)19)4-5-13(12)15-6-3-9-16-7-1-2-8-16/h4-5,10,15H,1-3,6-9,14H2. The number of nitro groups is 1. The number of rotatable bonds is 6. The van der Waals surface area contributed by atoms with Gasteiger partial charge < -0.3 is 16.0 Å². The maximum atomic E-state index is 10.6. The summed E-state index contributed by atoms with van der Waals surface area (Å²) >= 11 is 0. The van der Waals surface area contributed by atoms with Gasteiger partial charge in [-0.15, -0.1) is 0 Å². The Labute approximate surface area is 112 Å². The molecular weight excluding hydrogens is 244 g/mol. The molecule has 1 aromatic rings. The number of hydrogen-bond acceptors (Lipinski definition) is 5. The third-order valence-electron chi connectivity index (χ3n) is 3.41. The van der Waals surface area contributed by atoms with Crippen molar-refractivity contribution < 1.29 is 4.92 Å². The minimum Gasteiger partial charge on any atom is -0.397 e. The van der Waals surface area contributed by atoms with E-state index in [1.54, 1.807) is 6.07 Å². The van der Waals surface area contributed by atoms with Gasteiger partial charge in [-0.25, -0.2) is 0 Å². The van der Waals surface area contributed by atoms with Crippen LogP contribution >= 0.6 is 0 Å². The number of nitrogens with zero attached hydrogens (tertiary/aromatic N) is 2. The monoisotopic (exact) mass is 264 g/mol. The van der Waals surface area contributed by atoms with Gasteiger partial charge in [-0.05, 0) is 45.0 Å². The quantitative estimate of drug-likeness (QED) is 0.355. The van der Waals surface area contributed by atoms with Gasteiger partial charge in [0.1, 0.15) is 0 Å². The minimum absolute atomic E-state index is 0.0279. The summed E-state index contributed by atoms with van der Waals surface area (Å²) in [5.74, 6) is 0. The molecule has 19 heavy (non-hydrogen) atoms. The average molecular weight is 264 g/mol. The number of nitrogens with two attached hydrogens (primary N) is 1. The Bertz CT molecular complexity index is 444. The fourth-order valence-corrected chi connectivity index (χ4v) is 2.36. The van der Waals surface area contributed by atoms with Crippen molar-refractivity contribution in [2.75, 3.05) is 37.2 Å². The van der Waals surface area contributed by atoms with Crippen LogP contribution in [0, 0.1) is 10.1 Å². The highest BCUT2D eigenvalue weighted by atomic mass is 16.6. The molecule has 1 aliphatic rings. The largest absolute Gasteiger partial charge is 0.397 e. The number of nitrogens with one attached hydrogen (secondary N) is 1. The van der Waals surface area contributed by atoms with Crippen LogP contribution in [-0.2, 0) is 0 Å². The van der Waals surface area contributed by atoms with E-state index in [1.165, 1.54) is 38.1 Å². The van der Waals surface area contributed by atoms with Crippen molar-refractivity contribution in [2.45, 2.75) is 19.3 Å². The van der Waals surface area contributed by atoms with E-state index in [2.05, 4.69) is 10.2 Å². The van der Waals surface area contributed by atoms with E-state index < -0.39 is 4.92 Å². The maximum absolute atomic E-state index is 10.6. The molecule has 1 aliphatic heterocycles. The van der Waals surface area contributed by atoms with E-state index in [0.29, 0.717) is 5.69 Å². The van der Waals surface area contributed by atoms with Crippen LogP contribution < -0.4 is 11.1 Å². The molecule has 2 rings (SSSR count). The van der Waals surface area contributed by atoms with Gasteiger partial charge in [0.15, 0.2) is 0 Å². The Balaban J connectivity index is 1.77. The highest BCUT2D eigenvalue weighted by molar-refractivity contribution is 5.69. The predicted molar refractivity (Wildman–Crippen MR) is 76.3 cm³/mol. The summed E-state index contributed by atoms with van der Waals surface area (Å²) in [6, 6.07) is 4.53. The third-order valence-corrected chi connectivity index (χ3v) is 3.41. The van der Waals surface area contributed by atoms with Crippen LogP contribution in [0.2, 0.25) is 0 Å². The number of anilines is 2. The molecule has 6 nitrogen and oxygen atoms in total. The molecule has 0 aliphatic carbocycles. The molecule has 6 heteroatoms. The van der Waals surface area contributed by atoms with Crippen molar-refractivity contribution in [2.24, 2.45) is 0 Å². The van der Waals surface area contributed by atoms with Gasteiger partial charge in [-0.2, -0.15) is 0 Å². The summed E-state index contributed by atoms with van der Waals surface area (Å²) in [6.07, 6.45) is 3.67. The predicted octanol–water partition coefficient (Wildman–Crippen LogP) is 2.07. The van der Waals surface area contributed by atoms with Gasteiger partial charge in [0.2, 0.25) is 0 Å². The van der Waals surface area contributed by atoms with Crippen LogP contribution in [-0.4, -0.2) is 36.0 Å². The highest BCUT2D eigenvalue weighted by Gasteiger charge is 2.11. The van der Waals surface area contributed by atoms with Crippen molar-refractivity contribution in [3.8, 4) is 0 Å². The first-order valence-corrected chi connectivity index (χ1v) is 6.67. The lowest BCUT2D eigenvalue weighted by Gasteiger charge is -2.15. The Hall–Kier alpha value is -1.82. The van der Waals surface area contributed by atoms with Crippen molar-refractivity contribution in [1.29, 1.82) is 0 Å². The molecule has 104 valence electrons. The normalized spacial score (nSPS) is 15.6. The van der Waals surface area contributed by atoms with E-state index in [0.717, 1.165) is 25.2 Å². The second-order valence-corrected chi connectivity index (χ2v) is 4.86. The summed E-state index contributed by atoms with van der Waals surface area (Å²) < 4.78 is 0. The van der Waals surface area contributed by atoms with E-state index in [1.807, 2.05) is 0 Å². The van der Waals surface area contributed by atoms with Crippen molar-refractivity contribution >= 4 is 17.1 Å². The van der Waals surface area contributed by atoms with E-state index >= 15 is 0 Å². The topological polar surface area (TPSA) is 84.4 Å². The van der Waals surface area contributed by atoms with Crippen molar-refractivity contribution in [1.82, 2.24) is 4.90 Å². The molecule has 1 saturated heterocycles. The van der Waals surface area contributed by atoms with Gasteiger partial charge in [0.25, 0.3) is 5.69 Å². The molecule has 1 fully saturated rings. The Morgan fingerprint density at radius 3 is 2.74 bits per heavy atom. The Morgan fingerprint density at radius 2 is 2.11 bits per heavy atom. The van der Waals surface area contributed by atoms with Crippen LogP contribution in [0.5, 0.6) is 0 Å². The smallest absolute Gasteiger partial charge is 0.271 e. The minimum atomic E-state index is -0.437. The van der Waals surface area contributed by atoms with Gasteiger partial charge in [0.05, 0.1) is 16.3 Å². The fraction of sp³-hybridized carbons (Fsp3) is 0.538. The van der Waals surface area contributed by atoms with Crippen LogP contribution in [0.15, 0.2) is 18.2 Å². The molecule has 0 aromatic heterocycles. The first kappa shape index (κ1) is 13.6. The SMILES string of the molecule is Nc1cc([N+](=O)[O-])ccc1NCCCN1CCCC1. The lowest BCUT2D eigenvalue weighted by atomic mass is 10.2. The number of hydrogen-bond donors (Lipinski definition) is 2. The molecule has 0 radical (unpaired) electrons. The van der Waals surface area contributed by atoms with E-state index in [9.17, 15) is 10.1 Å². The molecular formula is C13H20N4O2. The fourth-order valence-electron chi connectivity index (χ4n) is 2.36. The number of non-ortho nitro benzene ring substituents is 1. The lowest BCUT2D eigenvalue weighted by Crippen LogP contribution is -2.22. The Kier molecular flexibility index (Phi) is 4.57. The average Bonchev–Trinajstić information content (AvgIpc) is 2.89. The number of likely N-dealkylation sites (tertiary alicyclic amines) is 1. The second kappa shape index (κ2) is 6.38. The summed E-state index contributed by atoms with van der Waals surface area (Å²) in [5, 5.41) is 13.8. The number of nitrogen functional groups attached to an aromatic ring is 1. The van der Waals surface area contributed by atoms with Crippen molar-refractivity contribution in [3.63, 3.8) is 0 Å². The van der Waals surface area contributed by atoms with Gasteiger partial charge >= 0.3 is 0 Å². The Morgan fingerprint density at radius 1 is 1.37 bits per heavy atom. The van der Waals surface area contributed by atoms with Crippen molar-refractivity contribution in [3.05, 3.63) is 28.3 Å². The molecule has 1 aromatic carbocycles. The lowest BCUT2D eigenvalue weighted by molar-refractivity contribution is -0.384. The molecule has 0 amide bonds. The third kappa shape index (κ3) is 3.82. The summed E-state index contributed by atoms with van der Waals surface area (Å²) in [4.78, 5) is 12.6. The molecule has 3 N–H and O–H groups in total. The summed E-state index contributed by atoms with van der Waals surface area (Å²) in [6.45, 7) is 4.34.